The molecule has 0 saturated heterocycles. The summed E-state index contributed by atoms with van der Waals surface area (Å²) in [7, 11) is 0. The van der Waals surface area contributed by atoms with Gasteiger partial charge in [0, 0.05) is 81.3 Å². The lowest BCUT2D eigenvalue weighted by Gasteiger charge is -2.31. The minimum Gasteiger partial charge on any atom is -0.310 e. The van der Waals surface area contributed by atoms with Crippen LogP contribution < -0.4 is 4.90 Å². The number of benzene rings is 7. The third-order valence-electron chi connectivity index (χ3n) is 8.84. The summed E-state index contributed by atoms with van der Waals surface area (Å²) in [5, 5.41) is 3.29. The molecule has 0 unspecified atom stereocenters. The first-order valence-corrected chi connectivity index (χ1v) is 20.3. The van der Waals surface area contributed by atoms with Crippen molar-refractivity contribution in [2.24, 2.45) is 0 Å². The first-order chi connectivity index (χ1) is 24.2. The van der Waals surface area contributed by atoms with Gasteiger partial charge in [0.15, 0.2) is 0 Å². The third kappa shape index (κ3) is 5.29. The van der Waals surface area contributed by atoms with Gasteiger partial charge in [-0.25, -0.2) is 0 Å². The van der Waals surface area contributed by atoms with Crippen molar-refractivity contribution in [3.8, 4) is 11.1 Å². The van der Waals surface area contributed by atoms with E-state index in [0.29, 0.717) is 0 Å². The molecule has 0 bridgehead atoms. The van der Waals surface area contributed by atoms with Crippen molar-refractivity contribution < 1.29 is 0 Å². The van der Waals surface area contributed by atoms with E-state index in [1.807, 2.05) is 70.5 Å². The predicted molar refractivity (Wildman–Crippen MR) is 214 cm³/mol. The second-order valence-corrected chi connectivity index (χ2v) is 17.7. The maximum Gasteiger partial charge on any atom is 0.0547 e. The minimum atomic E-state index is 0.735. The minimum absolute atomic E-state index is 0.735. The molecule has 7 aromatic carbocycles. The maximum absolute atomic E-state index is 6.48. The molecule has 0 fully saturated rings. The van der Waals surface area contributed by atoms with Gasteiger partial charge >= 0.3 is 0 Å². The molecule has 0 aliphatic carbocycles. The van der Waals surface area contributed by atoms with E-state index < -0.39 is 0 Å². The van der Waals surface area contributed by atoms with Crippen LogP contribution in [0.2, 0.25) is 5.02 Å². The fourth-order valence-corrected chi connectivity index (χ4v) is 12.4. The smallest absolute Gasteiger partial charge is 0.0547 e. The van der Waals surface area contributed by atoms with Crippen LogP contribution in [0.5, 0.6) is 0 Å². The number of hydrogen-bond acceptors (Lipinski definition) is 6. The lowest BCUT2D eigenvalue weighted by atomic mass is 9.96. The van der Waals surface area contributed by atoms with Crippen LogP contribution in [0, 0.1) is 0 Å². The number of nitrogens with zero attached hydrogens (tertiary/aromatic N) is 1. The van der Waals surface area contributed by atoms with Gasteiger partial charge in [-0.05, 0) is 96.6 Å². The highest BCUT2D eigenvalue weighted by molar-refractivity contribution is 8.05. The first kappa shape index (κ1) is 30.1. The van der Waals surface area contributed by atoms with Crippen LogP contribution in [0.15, 0.2) is 185 Å². The summed E-state index contributed by atoms with van der Waals surface area (Å²) in [6.07, 6.45) is 0. The summed E-state index contributed by atoms with van der Waals surface area (Å²) in [4.78, 5) is 12.8. The van der Waals surface area contributed by atoms with Crippen molar-refractivity contribution in [2.45, 2.75) is 39.2 Å². The Bertz CT molecular complexity index is 2490. The van der Waals surface area contributed by atoms with Gasteiger partial charge in [-0.3, -0.25) is 0 Å². The lowest BCUT2D eigenvalue weighted by Crippen LogP contribution is -2.12. The largest absolute Gasteiger partial charge is 0.310 e. The van der Waals surface area contributed by atoms with Crippen LogP contribution in [0.25, 0.3) is 31.3 Å². The van der Waals surface area contributed by atoms with E-state index in [2.05, 4.69) is 138 Å². The summed E-state index contributed by atoms with van der Waals surface area (Å²) < 4.78 is 2.57. The molecular formula is C42H24ClNS5. The summed E-state index contributed by atoms with van der Waals surface area (Å²) in [6.45, 7) is 0. The molecule has 0 atom stereocenters. The molecule has 0 N–H and O–H groups in total. The Morgan fingerprint density at radius 1 is 0.429 bits per heavy atom. The van der Waals surface area contributed by atoms with Crippen LogP contribution in [0.3, 0.4) is 0 Å². The van der Waals surface area contributed by atoms with Crippen LogP contribution in [0.1, 0.15) is 0 Å². The van der Waals surface area contributed by atoms with Gasteiger partial charge in [-0.1, -0.05) is 113 Å². The average Bonchev–Trinajstić information content (AvgIpc) is 3.52. The number of rotatable bonds is 4. The van der Waals surface area contributed by atoms with Crippen molar-refractivity contribution in [3.63, 3.8) is 0 Å². The van der Waals surface area contributed by atoms with Gasteiger partial charge in [0.1, 0.15) is 0 Å². The molecule has 0 radical (unpaired) electrons. The molecule has 7 heteroatoms. The Morgan fingerprint density at radius 2 is 0.939 bits per heavy atom. The molecule has 0 saturated carbocycles. The monoisotopic (exact) mass is 737 g/mol. The molecular weight excluding hydrogens is 714 g/mol. The quantitative estimate of drug-likeness (QED) is 0.176. The predicted octanol–water partition coefficient (Wildman–Crippen LogP) is 15.1. The van der Waals surface area contributed by atoms with E-state index in [1.54, 1.807) is 0 Å². The van der Waals surface area contributed by atoms with E-state index in [0.717, 1.165) is 27.6 Å². The Balaban J connectivity index is 1.22. The van der Waals surface area contributed by atoms with Crippen molar-refractivity contribution in [1.82, 2.24) is 0 Å². The number of anilines is 3. The summed E-state index contributed by atoms with van der Waals surface area (Å²) >= 11 is 15.8. The molecule has 2 aliphatic rings. The highest BCUT2D eigenvalue weighted by Crippen LogP contribution is 2.54. The number of thiophene rings is 1. The zero-order valence-corrected chi connectivity index (χ0v) is 30.6. The van der Waals surface area contributed by atoms with E-state index in [9.17, 15) is 0 Å². The van der Waals surface area contributed by atoms with E-state index in [4.69, 9.17) is 11.6 Å². The number of halogens is 1. The van der Waals surface area contributed by atoms with Crippen molar-refractivity contribution in [3.05, 3.63) is 151 Å². The summed E-state index contributed by atoms with van der Waals surface area (Å²) in [5.74, 6) is 0. The van der Waals surface area contributed by atoms with Gasteiger partial charge in [-0.15, -0.1) is 11.3 Å². The highest BCUT2D eigenvalue weighted by Gasteiger charge is 2.26. The summed E-state index contributed by atoms with van der Waals surface area (Å²) in [6, 6.07) is 53.1. The van der Waals surface area contributed by atoms with E-state index in [1.165, 1.54) is 64.9 Å². The molecule has 0 amide bonds. The van der Waals surface area contributed by atoms with Gasteiger partial charge < -0.3 is 4.90 Å². The zero-order chi connectivity index (χ0) is 32.5. The van der Waals surface area contributed by atoms with Crippen LogP contribution >= 0.6 is 70.0 Å². The normalized spacial score (nSPS) is 13.1. The molecule has 2 aliphatic heterocycles. The fourth-order valence-electron chi connectivity index (χ4n) is 6.64. The van der Waals surface area contributed by atoms with Crippen molar-refractivity contribution in [1.29, 1.82) is 0 Å². The van der Waals surface area contributed by atoms with Gasteiger partial charge in [0.05, 0.1) is 5.69 Å². The average molecular weight is 738 g/mol. The Morgan fingerprint density at radius 3 is 1.53 bits per heavy atom. The fraction of sp³-hybridized carbons (Fsp3) is 0. The Kier molecular flexibility index (Phi) is 7.52. The number of hydrogen-bond donors (Lipinski definition) is 0. The van der Waals surface area contributed by atoms with Crippen molar-refractivity contribution >= 4 is 107 Å². The lowest BCUT2D eigenvalue weighted by molar-refractivity contribution is 1.13. The van der Waals surface area contributed by atoms with E-state index in [-0.39, 0.29) is 0 Å². The van der Waals surface area contributed by atoms with E-state index >= 15 is 0 Å². The van der Waals surface area contributed by atoms with Crippen LogP contribution in [-0.2, 0) is 0 Å². The van der Waals surface area contributed by atoms with Crippen molar-refractivity contribution in [2.75, 3.05) is 4.90 Å². The first-order valence-electron chi connectivity index (χ1n) is 15.8. The molecule has 1 nitrogen and oxygen atoms in total. The molecule has 8 aromatic rings. The summed E-state index contributed by atoms with van der Waals surface area (Å²) in [5.41, 5.74) is 5.76. The Hall–Kier alpha value is -3.75. The Labute approximate surface area is 310 Å². The van der Waals surface area contributed by atoms with Gasteiger partial charge in [-0.2, -0.15) is 0 Å². The van der Waals surface area contributed by atoms with Gasteiger partial charge in [0.25, 0.3) is 0 Å². The standard InChI is InChI=1S/C42H24ClNS5/c43-26-15-13-25(14-16-26)41-30(19-22-38-42(41)29-7-1-2-8-31(29)45-38)44(27-17-20-36-39(23-27)48-34-11-5-3-9-32(34)46-36)28-18-21-37-40(24-28)49-35-12-6-4-10-33(35)47-37/h1-24H. The molecule has 49 heavy (non-hydrogen) atoms. The van der Waals surface area contributed by atoms with Crippen LogP contribution in [0.4, 0.5) is 17.1 Å². The molecule has 234 valence electrons. The van der Waals surface area contributed by atoms with Gasteiger partial charge in [0.2, 0.25) is 0 Å². The second-order valence-electron chi connectivity index (χ2n) is 11.8. The molecule has 10 rings (SSSR count). The third-order valence-corrected chi connectivity index (χ3v) is 15.3. The SMILES string of the molecule is Clc1ccc(-c2c(N(c3ccc4c(c3)Sc3ccccc3S4)c3ccc4c(c3)Sc3ccccc3S4)ccc3sc4ccccc4c23)cc1. The second kappa shape index (κ2) is 12.2. The zero-order valence-electron chi connectivity index (χ0n) is 25.7. The molecule has 1 aromatic heterocycles. The number of fused-ring (bicyclic) bond motifs is 7. The highest BCUT2D eigenvalue weighted by atomic mass is 35.5. The van der Waals surface area contributed by atoms with Crippen LogP contribution in [-0.4, -0.2) is 0 Å². The maximum atomic E-state index is 6.48. The molecule has 0 spiro atoms. The topological polar surface area (TPSA) is 3.24 Å². The molecule has 3 heterocycles.